The number of rotatable bonds is 7. The molecule has 0 saturated heterocycles. The van der Waals surface area contributed by atoms with E-state index in [1.165, 1.54) is 18.5 Å². The smallest absolute Gasteiger partial charge is 0.255 e. The van der Waals surface area contributed by atoms with Gasteiger partial charge in [-0.3, -0.25) is 4.79 Å². The van der Waals surface area contributed by atoms with Gasteiger partial charge in [-0.1, -0.05) is 30.3 Å². The molecule has 3 heterocycles. The van der Waals surface area contributed by atoms with Crippen LogP contribution in [0, 0.1) is 5.82 Å². The minimum Gasteiger partial charge on any atom is -0.383 e. The topological polar surface area (TPSA) is 122 Å². The Morgan fingerprint density at radius 2 is 1.92 bits per heavy atom. The molecule has 2 aromatic carbocycles. The number of aromatic nitrogens is 4. The number of nitrogens with zero attached hydrogens (tertiary/aromatic N) is 3. The standard InChI is InChI=1S/C27H24FN7O/c1-16(18-7-9-20(28)10-8-18)35-27(36)21-6-3-11-30-25(21)31-13-17-4-2-5-19(12-17)22-14-32-26-23(22)24(29)33-15-34-26/h2-12,14-16H,13H2,1H3,(H,30,31)(H,35,36)(H3,29,32,33,34). The van der Waals surface area contributed by atoms with Crippen LogP contribution in [0.3, 0.4) is 0 Å². The van der Waals surface area contributed by atoms with Crippen LogP contribution in [0.1, 0.15) is 34.5 Å². The minimum absolute atomic E-state index is 0.273. The molecule has 5 N–H and O–H groups in total. The van der Waals surface area contributed by atoms with Gasteiger partial charge in [0.05, 0.1) is 17.0 Å². The number of carbonyl (C=O) groups is 1. The second-order valence-electron chi connectivity index (χ2n) is 8.39. The number of nitrogens with two attached hydrogens (primary N) is 1. The van der Waals surface area contributed by atoms with Gasteiger partial charge < -0.3 is 21.4 Å². The van der Waals surface area contributed by atoms with Crippen molar-refractivity contribution in [2.24, 2.45) is 0 Å². The number of benzene rings is 2. The van der Waals surface area contributed by atoms with Crippen molar-refractivity contribution < 1.29 is 9.18 Å². The number of nitrogens with one attached hydrogen (secondary N) is 3. The third-order valence-electron chi connectivity index (χ3n) is 5.97. The molecule has 0 bridgehead atoms. The number of hydrogen-bond acceptors (Lipinski definition) is 6. The number of nitrogen functional groups attached to an aromatic ring is 1. The zero-order valence-electron chi connectivity index (χ0n) is 19.5. The summed E-state index contributed by atoms with van der Waals surface area (Å²) in [5.74, 6) is 0.294. The molecule has 0 saturated carbocycles. The molecule has 8 nitrogen and oxygen atoms in total. The van der Waals surface area contributed by atoms with E-state index in [2.05, 4.69) is 30.6 Å². The number of carbonyl (C=O) groups excluding carboxylic acids is 1. The average molecular weight is 482 g/mol. The first-order valence-electron chi connectivity index (χ1n) is 11.4. The Balaban J connectivity index is 1.32. The van der Waals surface area contributed by atoms with Crippen molar-refractivity contribution in [2.75, 3.05) is 11.1 Å². The summed E-state index contributed by atoms with van der Waals surface area (Å²) in [6.07, 6.45) is 4.93. The number of H-pyrrole nitrogens is 1. The summed E-state index contributed by atoms with van der Waals surface area (Å²) in [5.41, 5.74) is 10.9. The van der Waals surface area contributed by atoms with Gasteiger partial charge in [-0.15, -0.1) is 0 Å². The average Bonchev–Trinajstić information content (AvgIpc) is 3.34. The Labute approximate surface area is 206 Å². The van der Waals surface area contributed by atoms with Crippen LogP contribution in [0.4, 0.5) is 16.0 Å². The Morgan fingerprint density at radius 1 is 1.08 bits per heavy atom. The summed E-state index contributed by atoms with van der Waals surface area (Å²) in [4.78, 5) is 28.8. The summed E-state index contributed by atoms with van der Waals surface area (Å²) in [7, 11) is 0. The number of amides is 1. The van der Waals surface area contributed by atoms with Gasteiger partial charge in [0.15, 0.2) is 0 Å². The molecule has 0 spiro atoms. The predicted octanol–water partition coefficient (Wildman–Crippen LogP) is 4.84. The lowest BCUT2D eigenvalue weighted by molar-refractivity contribution is 0.0940. The molecule has 1 unspecified atom stereocenters. The zero-order valence-corrected chi connectivity index (χ0v) is 19.5. The van der Waals surface area contributed by atoms with E-state index in [4.69, 9.17) is 5.73 Å². The Hall–Kier alpha value is -4.79. The molecule has 9 heteroatoms. The maximum Gasteiger partial charge on any atom is 0.255 e. The lowest BCUT2D eigenvalue weighted by atomic mass is 10.0. The molecule has 0 radical (unpaired) electrons. The largest absolute Gasteiger partial charge is 0.383 e. The third kappa shape index (κ3) is 4.72. The minimum atomic E-state index is -0.318. The summed E-state index contributed by atoms with van der Waals surface area (Å²) < 4.78 is 13.2. The molecule has 5 rings (SSSR count). The van der Waals surface area contributed by atoms with Crippen molar-refractivity contribution in [3.05, 3.63) is 102 Å². The fourth-order valence-electron chi connectivity index (χ4n) is 4.09. The summed E-state index contributed by atoms with van der Waals surface area (Å²) in [6.45, 7) is 2.30. The van der Waals surface area contributed by atoms with Crippen LogP contribution in [-0.4, -0.2) is 25.8 Å². The SMILES string of the molecule is CC(NC(=O)c1cccnc1NCc1cccc(-c2c[nH]c3ncnc(N)c23)c1)c1ccc(F)cc1. The van der Waals surface area contributed by atoms with Crippen LogP contribution in [0.5, 0.6) is 0 Å². The molecule has 0 aliphatic rings. The van der Waals surface area contributed by atoms with Crippen molar-refractivity contribution in [2.45, 2.75) is 19.5 Å². The molecule has 36 heavy (non-hydrogen) atoms. The van der Waals surface area contributed by atoms with Gasteiger partial charge in [-0.05, 0) is 53.9 Å². The second-order valence-corrected chi connectivity index (χ2v) is 8.39. The second kappa shape index (κ2) is 9.83. The van der Waals surface area contributed by atoms with Crippen LogP contribution < -0.4 is 16.4 Å². The number of hydrogen-bond donors (Lipinski definition) is 4. The van der Waals surface area contributed by atoms with E-state index in [0.29, 0.717) is 29.4 Å². The van der Waals surface area contributed by atoms with Crippen molar-refractivity contribution in [3.8, 4) is 11.1 Å². The van der Waals surface area contributed by atoms with Gasteiger partial charge in [0.1, 0.15) is 29.4 Å². The van der Waals surface area contributed by atoms with Crippen LogP contribution in [-0.2, 0) is 6.54 Å². The summed E-state index contributed by atoms with van der Waals surface area (Å²) in [5, 5.41) is 7.00. The van der Waals surface area contributed by atoms with Crippen LogP contribution in [0.15, 0.2) is 79.4 Å². The van der Waals surface area contributed by atoms with E-state index >= 15 is 0 Å². The normalized spacial score (nSPS) is 11.8. The summed E-state index contributed by atoms with van der Waals surface area (Å²) in [6, 6.07) is 17.2. The molecule has 3 aromatic heterocycles. The highest BCUT2D eigenvalue weighted by atomic mass is 19.1. The number of aromatic amines is 1. The highest BCUT2D eigenvalue weighted by Crippen LogP contribution is 2.31. The van der Waals surface area contributed by atoms with Crippen LogP contribution in [0.2, 0.25) is 0 Å². The highest BCUT2D eigenvalue weighted by molar-refractivity contribution is 6.00. The van der Waals surface area contributed by atoms with Gasteiger partial charge in [0.25, 0.3) is 5.91 Å². The molecule has 0 fully saturated rings. The Bertz CT molecular complexity index is 1530. The van der Waals surface area contributed by atoms with Gasteiger partial charge in [-0.2, -0.15) is 0 Å². The molecule has 0 aliphatic heterocycles. The first-order valence-corrected chi connectivity index (χ1v) is 11.4. The fourth-order valence-corrected chi connectivity index (χ4v) is 4.09. The number of anilines is 2. The van der Waals surface area contributed by atoms with Crippen molar-refractivity contribution in [1.29, 1.82) is 0 Å². The molecular weight excluding hydrogens is 457 g/mol. The first kappa shape index (κ1) is 23.0. The van der Waals surface area contributed by atoms with E-state index in [9.17, 15) is 9.18 Å². The van der Waals surface area contributed by atoms with E-state index in [1.807, 2.05) is 37.4 Å². The van der Waals surface area contributed by atoms with Gasteiger partial charge in [0.2, 0.25) is 0 Å². The lowest BCUT2D eigenvalue weighted by Crippen LogP contribution is -2.27. The molecule has 1 amide bonds. The molecule has 180 valence electrons. The van der Waals surface area contributed by atoms with Crippen molar-refractivity contribution in [3.63, 3.8) is 0 Å². The lowest BCUT2D eigenvalue weighted by Gasteiger charge is -2.16. The monoisotopic (exact) mass is 481 g/mol. The quantitative estimate of drug-likeness (QED) is 0.264. The van der Waals surface area contributed by atoms with Gasteiger partial charge in [-0.25, -0.2) is 19.3 Å². The highest BCUT2D eigenvalue weighted by Gasteiger charge is 2.16. The molecule has 1 atom stereocenters. The summed E-state index contributed by atoms with van der Waals surface area (Å²) >= 11 is 0. The molecule has 5 aromatic rings. The van der Waals surface area contributed by atoms with E-state index in [0.717, 1.165) is 27.6 Å². The van der Waals surface area contributed by atoms with Crippen molar-refractivity contribution >= 4 is 28.6 Å². The first-order chi connectivity index (χ1) is 17.5. The maximum absolute atomic E-state index is 13.2. The predicted molar refractivity (Wildman–Crippen MR) is 138 cm³/mol. The zero-order chi connectivity index (χ0) is 25.1. The molecular formula is C27H24FN7O. The third-order valence-corrected chi connectivity index (χ3v) is 5.97. The van der Waals surface area contributed by atoms with Crippen LogP contribution in [0.25, 0.3) is 22.2 Å². The molecule has 0 aliphatic carbocycles. The fraction of sp³-hybridized carbons (Fsp3) is 0.111. The van der Waals surface area contributed by atoms with Crippen LogP contribution >= 0.6 is 0 Å². The van der Waals surface area contributed by atoms with E-state index < -0.39 is 0 Å². The Kier molecular flexibility index (Phi) is 6.27. The number of halogens is 1. The number of fused-ring (bicyclic) bond motifs is 1. The van der Waals surface area contributed by atoms with Gasteiger partial charge >= 0.3 is 0 Å². The Morgan fingerprint density at radius 3 is 2.75 bits per heavy atom. The van der Waals surface area contributed by atoms with E-state index in [-0.39, 0.29) is 17.8 Å². The van der Waals surface area contributed by atoms with Gasteiger partial charge in [0, 0.05) is 24.5 Å². The maximum atomic E-state index is 13.2. The van der Waals surface area contributed by atoms with Crippen molar-refractivity contribution in [1.82, 2.24) is 25.3 Å². The van der Waals surface area contributed by atoms with E-state index in [1.54, 1.807) is 30.5 Å². The number of pyridine rings is 1.